The standard InChI is InChI=1S/C18H17Cl2N/c19-16-6-5-12(9-17(16)20)14-10-18(7-8-21-11-18)15-4-2-1-3-13(14)15/h1-6,9,14,21H,7-8,10-11H2/t14-,18+/m0/s1. The van der Waals surface area contributed by atoms with Crippen molar-refractivity contribution in [3.05, 3.63) is 69.2 Å². The molecule has 1 fully saturated rings. The smallest absolute Gasteiger partial charge is 0.0595 e. The highest BCUT2D eigenvalue weighted by Crippen LogP contribution is 2.51. The summed E-state index contributed by atoms with van der Waals surface area (Å²) in [5, 5.41) is 4.82. The average molecular weight is 318 g/mol. The SMILES string of the molecule is Clc1ccc([C@@H]2C[C@@]3(CCNC3)c3ccccc32)cc1Cl. The van der Waals surface area contributed by atoms with E-state index < -0.39 is 0 Å². The summed E-state index contributed by atoms with van der Waals surface area (Å²) in [7, 11) is 0. The molecule has 0 bridgehead atoms. The Morgan fingerprint density at radius 1 is 1.05 bits per heavy atom. The van der Waals surface area contributed by atoms with Gasteiger partial charge in [-0.25, -0.2) is 0 Å². The van der Waals surface area contributed by atoms with Gasteiger partial charge in [-0.1, -0.05) is 53.5 Å². The Morgan fingerprint density at radius 3 is 2.67 bits per heavy atom. The van der Waals surface area contributed by atoms with Crippen molar-refractivity contribution in [2.75, 3.05) is 13.1 Å². The molecule has 2 aromatic rings. The van der Waals surface area contributed by atoms with Crippen molar-refractivity contribution in [1.29, 1.82) is 0 Å². The molecule has 1 aliphatic carbocycles. The van der Waals surface area contributed by atoms with Gasteiger partial charge in [-0.15, -0.1) is 0 Å². The van der Waals surface area contributed by atoms with Gasteiger partial charge in [0, 0.05) is 17.9 Å². The Hall–Kier alpha value is -1.02. The van der Waals surface area contributed by atoms with E-state index in [1.165, 1.54) is 23.1 Å². The molecular formula is C18H17Cl2N. The zero-order chi connectivity index (χ0) is 14.4. The summed E-state index contributed by atoms with van der Waals surface area (Å²) in [5.41, 5.74) is 4.55. The number of hydrogen-bond donors (Lipinski definition) is 1. The van der Waals surface area contributed by atoms with Crippen LogP contribution in [0.5, 0.6) is 0 Å². The zero-order valence-corrected chi connectivity index (χ0v) is 13.2. The van der Waals surface area contributed by atoms with E-state index in [9.17, 15) is 0 Å². The molecule has 4 rings (SSSR count). The minimum atomic E-state index is 0.299. The van der Waals surface area contributed by atoms with E-state index in [1.807, 2.05) is 12.1 Å². The third-order valence-corrected chi connectivity index (χ3v) is 5.83. The van der Waals surface area contributed by atoms with Gasteiger partial charge in [-0.05, 0) is 48.2 Å². The Bertz CT molecular complexity index is 689. The first-order valence-corrected chi connectivity index (χ1v) is 8.20. The second-order valence-corrected chi connectivity index (χ2v) is 7.04. The largest absolute Gasteiger partial charge is 0.316 e. The van der Waals surface area contributed by atoms with Crippen LogP contribution in [-0.4, -0.2) is 13.1 Å². The van der Waals surface area contributed by atoms with Crippen LogP contribution in [0.1, 0.15) is 35.4 Å². The third-order valence-electron chi connectivity index (χ3n) is 5.09. The second-order valence-electron chi connectivity index (χ2n) is 6.22. The molecule has 0 amide bonds. The summed E-state index contributed by atoms with van der Waals surface area (Å²) in [6, 6.07) is 15.0. The molecule has 0 saturated carbocycles. The van der Waals surface area contributed by atoms with Gasteiger partial charge in [-0.2, -0.15) is 0 Å². The summed E-state index contributed by atoms with van der Waals surface area (Å²) in [4.78, 5) is 0. The van der Waals surface area contributed by atoms with Gasteiger partial charge < -0.3 is 5.32 Å². The van der Waals surface area contributed by atoms with Crippen molar-refractivity contribution >= 4 is 23.2 Å². The van der Waals surface area contributed by atoms with Crippen molar-refractivity contribution in [2.24, 2.45) is 0 Å². The first-order chi connectivity index (χ1) is 10.2. The highest BCUT2D eigenvalue weighted by molar-refractivity contribution is 6.42. The monoisotopic (exact) mass is 317 g/mol. The van der Waals surface area contributed by atoms with E-state index >= 15 is 0 Å². The molecule has 1 N–H and O–H groups in total. The molecule has 21 heavy (non-hydrogen) atoms. The number of rotatable bonds is 1. The van der Waals surface area contributed by atoms with Gasteiger partial charge in [0.15, 0.2) is 0 Å². The van der Waals surface area contributed by atoms with Crippen molar-refractivity contribution in [3.8, 4) is 0 Å². The number of nitrogens with one attached hydrogen (secondary N) is 1. The van der Waals surface area contributed by atoms with Crippen LogP contribution >= 0.6 is 23.2 Å². The Labute approximate surface area is 135 Å². The Balaban J connectivity index is 1.82. The van der Waals surface area contributed by atoms with E-state index in [0.29, 0.717) is 21.4 Å². The maximum Gasteiger partial charge on any atom is 0.0595 e. The topological polar surface area (TPSA) is 12.0 Å². The van der Waals surface area contributed by atoms with Gasteiger partial charge in [0.1, 0.15) is 0 Å². The zero-order valence-electron chi connectivity index (χ0n) is 11.7. The molecule has 1 aliphatic heterocycles. The highest BCUT2D eigenvalue weighted by atomic mass is 35.5. The fraction of sp³-hybridized carbons (Fsp3) is 0.333. The fourth-order valence-corrected chi connectivity index (χ4v) is 4.38. The van der Waals surface area contributed by atoms with Gasteiger partial charge >= 0.3 is 0 Å². The molecule has 2 aromatic carbocycles. The van der Waals surface area contributed by atoms with Crippen LogP contribution in [0.2, 0.25) is 10.0 Å². The summed E-state index contributed by atoms with van der Waals surface area (Å²) in [5.74, 6) is 0.427. The molecule has 2 atom stereocenters. The quantitative estimate of drug-likeness (QED) is 0.799. The van der Waals surface area contributed by atoms with Gasteiger partial charge in [-0.3, -0.25) is 0 Å². The van der Waals surface area contributed by atoms with Crippen molar-refractivity contribution in [1.82, 2.24) is 5.32 Å². The van der Waals surface area contributed by atoms with Crippen molar-refractivity contribution in [2.45, 2.75) is 24.2 Å². The Morgan fingerprint density at radius 2 is 1.90 bits per heavy atom. The molecule has 3 heteroatoms. The molecule has 108 valence electrons. The third kappa shape index (κ3) is 2.11. The summed E-state index contributed by atoms with van der Waals surface area (Å²) >= 11 is 12.3. The molecule has 1 spiro atoms. The number of halogens is 2. The van der Waals surface area contributed by atoms with Crippen molar-refractivity contribution in [3.63, 3.8) is 0 Å². The van der Waals surface area contributed by atoms with E-state index in [1.54, 1.807) is 0 Å². The lowest BCUT2D eigenvalue weighted by molar-refractivity contribution is 0.451. The van der Waals surface area contributed by atoms with E-state index in [2.05, 4.69) is 35.6 Å². The molecule has 0 radical (unpaired) electrons. The van der Waals surface area contributed by atoms with Crippen LogP contribution in [-0.2, 0) is 5.41 Å². The maximum atomic E-state index is 6.23. The fourth-order valence-electron chi connectivity index (χ4n) is 4.07. The van der Waals surface area contributed by atoms with Gasteiger partial charge in [0.2, 0.25) is 0 Å². The Kier molecular flexibility index (Phi) is 3.25. The van der Waals surface area contributed by atoms with E-state index in [-0.39, 0.29) is 0 Å². The van der Waals surface area contributed by atoms with Crippen LogP contribution < -0.4 is 5.32 Å². The first-order valence-electron chi connectivity index (χ1n) is 7.45. The molecular weight excluding hydrogens is 301 g/mol. The van der Waals surface area contributed by atoms with E-state index in [4.69, 9.17) is 23.2 Å². The molecule has 1 saturated heterocycles. The number of hydrogen-bond acceptors (Lipinski definition) is 1. The van der Waals surface area contributed by atoms with Gasteiger partial charge in [0.05, 0.1) is 10.0 Å². The lowest BCUT2D eigenvalue weighted by Crippen LogP contribution is -2.26. The molecule has 2 aliphatic rings. The second kappa shape index (κ2) is 5.01. The van der Waals surface area contributed by atoms with Crippen LogP contribution in [0.15, 0.2) is 42.5 Å². The normalized spacial score (nSPS) is 27.2. The summed E-state index contributed by atoms with van der Waals surface area (Å²) < 4.78 is 0. The summed E-state index contributed by atoms with van der Waals surface area (Å²) in [6.45, 7) is 2.20. The number of fused-ring (bicyclic) bond motifs is 2. The van der Waals surface area contributed by atoms with Gasteiger partial charge in [0.25, 0.3) is 0 Å². The lowest BCUT2D eigenvalue weighted by Gasteiger charge is -2.24. The highest BCUT2D eigenvalue weighted by Gasteiger charge is 2.45. The van der Waals surface area contributed by atoms with Crippen LogP contribution in [0.4, 0.5) is 0 Å². The molecule has 0 aromatic heterocycles. The predicted molar refractivity (Wildman–Crippen MR) is 88.5 cm³/mol. The molecule has 1 nitrogen and oxygen atoms in total. The van der Waals surface area contributed by atoms with Crippen LogP contribution in [0.3, 0.4) is 0 Å². The minimum Gasteiger partial charge on any atom is -0.316 e. The first kappa shape index (κ1) is 13.6. The predicted octanol–water partition coefficient (Wildman–Crippen LogP) is 4.76. The maximum absolute atomic E-state index is 6.23. The van der Waals surface area contributed by atoms with Crippen molar-refractivity contribution < 1.29 is 0 Å². The molecule has 0 unspecified atom stereocenters. The number of benzene rings is 2. The summed E-state index contributed by atoms with van der Waals surface area (Å²) in [6.07, 6.45) is 2.39. The average Bonchev–Trinajstić information content (AvgIpc) is 3.10. The molecule has 1 heterocycles. The van der Waals surface area contributed by atoms with Crippen LogP contribution in [0, 0.1) is 0 Å². The minimum absolute atomic E-state index is 0.299. The van der Waals surface area contributed by atoms with E-state index in [0.717, 1.165) is 19.5 Å². The van der Waals surface area contributed by atoms with Crippen LogP contribution in [0.25, 0.3) is 0 Å². The lowest BCUT2D eigenvalue weighted by atomic mass is 9.80.